The molecule has 0 aliphatic carbocycles. The lowest BCUT2D eigenvalue weighted by atomic mass is 10.1. The maximum absolute atomic E-state index is 4.43. The van der Waals surface area contributed by atoms with E-state index < -0.39 is 0 Å². The molecule has 0 saturated heterocycles. The molecule has 0 aliphatic heterocycles. The molecule has 2 rings (SSSR count). The number of hydrogen-bond acceptors (Lipinski definition) is 4. The van der Waals surface area contributed by atoms with Crippen LogP contribution in [0.15, 0.2) is 17.6 Å². The Bertz CT molecular complexity index is 475. The first-order valence-electron chi connectivity index (χ1n) is 6.33. The Balaban J connectivity index is 2.16. The predicted molar refractivity (Wildman–Crippen MR) is 74.8 cm³/mol. The fraction of sp³-hybridized carbons (Fsp3) is 0.538. The van der Waals surface area contributed by atoms with Gasteiger partial charge in [0.05, 0.1) is 22.4 Å². The molecule has 4 nitrogen and oxygen atoms in total. The minimum Gasteiger partial charge on any atom is -0.308 e. The van der Waals surface area contributed by atoms with E-state index in [-0.39, 0.29) is 0 Å². The van der Waals surface area contributed by atoms with E-state index in [0.717, 1.165) is 25.1 Å². The second-order valence-electron chi connectivity index (χ2n) is 4.47. The Morgan fingerprint density at radius 3 is 2.89 bits per heavy atom. The molecule has 0 spiro atoms. The molecular weight excluding hydrogens is 244 g/mol. The number of aromatic nitrogens is 3. The fourth-order valence-corrected chi connectivity index (χ4v) is 2.75. The van der Waals surface area contributed by atoms with Crippen molar-refractivity contribution in [2.45, 2.75) is 32.7 Å². The summed E-state index contributed by atoms with van der Waals surface area (Å²) in [6.45, 7) is 5.23. The number of rotatable bonds is 6. The van der Waals surface area contributed by atoms with Gasteiger partial charge in [0.2, 0.25) is 0 Å². The van der Waals surface area contributed by atoms with Gasteiger partial charge in [-0.25, -0.2) is 4.98 Å². The largest absolute Gasteiger partial charge is 0.308 e. The highest BCUT2D eigenvalue weighted by molar-refractivity contribution is 7.09. The monoisotopic (exact) mass is 264 g/mol. The van der Waals surface area contributed by atoms with Crippen molar-refractivity contribution in [3.8, 4) is 0 Å². The Labute approximate surface area is 112 Å². The average Bonchev–Trinajstić information content (AvgIpc) is 2.94. The molecule has 0 amide bonds. The molecule has 2 aromatic heterocycles. The van der Waals surface area contributed by atoms with Gasteiger partial charge in [0.25, 0.3) is 0 Å². The maximum atomic E-state index is 4.43. The molecule has 18 heavy (non-hydrogen) atoms. The second-order valence-corrected chi connectivity index (χ2v) is 5.45. The summed E-state index contributed by atoms with van der Waals surface area (Å²) >= 11 is 1.71. The maximum Gasteiger partial charge on any atom is 0.0944 e. The van der Waals surface area contributed by atoms with E-state index in [2.05, 4.69) is 28.4 Å². The quantitative estimate of drug-likeness (QED) is 0.871. The zero-order chi connectivity index (χ0) is 13.0. The van der Waals surface area contributed by atoms with Gasteiger partial charge in [-0.15, -0.1) is 11.3 Å². The first kappa shape index (κ1) is 13.2. The summed E-state index contributed by atoms with van der Waals surface area (Å²) in [5, 5.41) is 11.2. The van der Waals surface area contributed by atoms with Crippen molar-refractivity contribution in [3.63, 3.8) is 0 Å². The molecule has 0 saturated carbocycles. The first-order chi connectivity index (χ1) is 8.70. The van der Waals surface area contributed by atoms with Crippen molar-refractivity contribution < 1.29 is 0 Å². The third-order valence-corrected chi connectivity index (χ3v) is 3.70. The van der Waals surface area contributed by atoms with E-state index >= 15 is 0 Å². The minimum atomic E-state index is 0.294. The zero-order valence-corrected chi connectivity index (χ0v) is 12.0. The standard InChI is InChI=1S/C13H20N4S/c1-4-5-14-11(9-13-15-6-7-18-13)12-8-10(2)16-17(12)3/h6-8,11,14H,4-5,9H2,1-3H3. The van der Waals surface area contributed by atoms with Crippen molar-refractivity contribution in [2.75, 3.05) is 6.54 Å². The SMILES string of the molecule is CCCNC(Cc1nccs1)c1cc(C)nn1C. The zero-order valence-electron chi connectivity index (χ0n) is 11.2. The fourth-order valence-electron chi connectivity index (χ4n) is 2.09. The number of nitrogens with zero attached hydrogens (tertiary/aromatic N) is 3. The molecule has 1 N–H and O–H groups in total. The second kappa shape index (κ2) is 6.11. The number of nitrogens with one attached hydrogen (secondary N) is 1. The van der Waals surface area contributed by atoms with Gasteiger partial charge in [0, 0.05) is 25.0 Å². The lowest BCUT2D eigenvalue weighted by Gasteiger charge is -2.17. The minimum absolute atomic E-state index is 0.294. The number of aryl methyl sites for hydroxylation is 2. The normalized spacial score (nSPS) is 12.8. The Kier molecular flexibility index (Phi) is 4.49. The average molecular weight is 264 g/mol. The van der Waals surface area contributed by atoms with E-state index in [9.17, 15) is 0 Å². The predicted octanol–water partition coefficient (Wildman–Crippen LogP) is 2.47. The molecule has 0 bridgehead atoms. The van der Waals surface area contributed by atoms with Gasteiger partial charge in [-0.1, -0.05) is 6.92 Å². The van der Waals surface area contributed by atoms with Crippen molar-refractivity contribution >= 4 is 11.3 Å². The van der Waals surface area contributed by atoms with Crippen LogP contribution in [0.3, 0.4) is 0 Å². The van der Waals surface area contributed by atoms with Crippen LogP contribution in [-0.2, 0) is 13.5 Å². The molecule has 98 valence electrons. The number of hydrogen-bond donors (Lipinski definition) is 1. The van der Waals surface area contributed by atoms with Gasteiger partial charge < -0.3 is 5.32 Å². The molecule has 2 aromatic rings. The molecule has 5 heteroatoms. The van der Waals surface area contributed by atoms with Crippen LogP contribution < -0.4 is 5.32 Å². The van der Waals surface area contributed by atoms with E-state index in [4.69, 9.17) is 0 Å². The van der Waals surface area contributed by atoms with Gasteiger partial charge in [-0.2, -0.15) is 5.10 Å². The van der Waals surface area contributed by atoms with Crippen molar-refractivity contribution in [3.05, 3.63) is 34.0 Å². The summed E-state index contributed by atoms with van der Waals surface area (Å²) in [4.78, 5) is 4.37. The van der Waals surface area contributed by atoms with Crippen LogP contribution in [0.2, 0.25) is 0 Å². The first-order valence-corrected chi connectivity index (χ1v) is 7.21. The van der Waals surface area contributed by atoms with Gasteiger partial charge in [0.1, 0.15) is 0 Å². The summed E-state index contributed by atoms with van der Waals surface area (Å²) in [7, 11) is 2.00. The number of thiazole rings is 1. The Hall–Kier alpha value is -1.20. The molecule has 0 fully saturated rings. The Morgan fingerprint density at radius 2 is 2.33 bits per heavy atom. The summed E-state index contributed by atoms with van der Waals surface area (Å²) < 4.78 is 1.97. The van der Waals surface area contributed by atoms with E-state index in [1.54, 1.807) is 11.3 Å². The Morgan fingerprint density at radius 1 is 1.50 bits per heavy atom. The van der Waals surface area contributed by atoms with Gasteiger partial charge >= 0.3 is 0 Å². The van der Waals surface area contributed by atoms with Crippen molar-refractivity contribution in [1.82, 2.24) is 20.1 Å². The van der Waals surface area contributed by atoms with Crippen LogP contribution in [0.1, 0.15) is 35.8 Å². The van der Waals surface area contributed by atoms with Gasteiger partial charge in [-0.3, -0.25) is 4.68 Å². The smallest absolute Gasteiger partial charge is 0.0944 e. The van der Waals surface area contributed by atoms with Gasteiger partial charge in [-0.05, 0) is 26.0 Å². The van der Waals surface area contributed by atoms with Crippen LogP contribution in [0.4, 0.5) is 0 Å². The summed E-state index contributed by atoms with van der Waals surface area (Å²) in [6.07, 6.45) is 3.92. The third-order valence-electron chi connectivity index (χ3n) is 2.90. The summed E-state index contributed by atoms with van der Waals surface area (Å²) in [5.74, 6) is 0. The molecule has 0 aliphatic rings. The molecular formula is C13H20N4S. The lowest BCUT2D eigenvalue weighted by Crippen LogP contribution is -2.26. The summed E-state index contributed by atoms with van der Waals surface area (Å²) in [5.41, 5.74) is 2.30. The van der Waals surface area contributed by atoms with Crippen LogP contribution in [0.25, 0.3) is 0 Å². The van der Waals surface area contributed by atoms with Crippen LogP contribution >= 0.6 is 11.3 Å². The van der Waals surface area contributed by atoms with Crippen molar-refractivity contribution in [2.24, 2.45) is 7.05 Å². The molecule has 1 atom stereocenters. The van der Waals surface area contributed by atoms with E-state index in [0.29, 0.717) is 6.04 Å². The van der Waals surface area contributed by atoms with Crippen molar-refractivity contribution in [1.29, 1.82) is 0 Å². The highest BCUT2D eigenvalue weighted by Gasteiger charge is 2.17. The molecule has 0 aromatic carbocycles. The highest BCUT2D eigenvalue weighted by atomic mass is 32.1. The summed E-state index contributed by atoms with van der Waals surface area (Å²) in [6, 6.07) is 2.45. The topological polar surface area (TPSA) is 42.7 Å². The van der Waals surface area contributed by atoms with Crippen LogP contribution in [0, 0.1) is 6.92 Å². The van der Waals surface area contributed by atoms with Crippen LogP contribution in [-0.4, -0.2) is 21.3 Å². The molecule has 0 radical (unpaired) electrons. The third kappa shape index (κ3) is 3.17. The molecule has 2 heterocycles. The van der Waals surface area contributed by atoms with E-state index in [1.165, 1.54) is 10.7 Å². The molecule has 1 unspecified atom stereocenters. The van der Waals surface area contributed by atoms with Crippen LogP contribution in [0.5, 0.6) is 0 Å². The van der Waals surface area contributed by atoms with E-state index in [1.807, 2.05) is 30.2 Å². The highest BCUT2D eigenvalue weighted by Crippen LogP contribution is 2.20. The van der Waals surface area contributed by atoms with Gasteiger partial charge in [0.15, 0.2) is 0 Å². The lowest BCUT2D eigenvalue weighted by molar-refractivity contribution is 0.492.